The number of likely N-dealkylation sites (N-methyl/N-ethyl adjacent to an activating group) is 1. The van der Waals surface area contributed by atoms with Crippen LogP contribution >= 0.6 is 0 Å². The number of rotatable bonds is 2. The van der Waals surface area contributed by atoms with E-state index in [1.165, 1.54) is 6.42 Å². The second kappa shape index (κ2) is 4.72. The van der Waals surface area contributed by atoms with Crippen LogP contribution in [0.3, 0.4) is 0 Å². The van der Waals surface area contributed by atoms with E-state index in [0.717, 1.165) is 51.9 Å². The fourth-order valence-electron chi connectivity index (χ4n) is 3.09. The van der Waals surface area contributed by atoms with E-state index in [9.17, 15) is 4.79 Å². The Balaban J connectivity index is 2.09. The maximum Gasteiger partial charge on any atom is 0.237 e. The average Bonchev–Trinajstić information content (AvgIpc) is 2.30. The number of piperazine rings is 1. The van der Waals surface area contributed by atoms with Crippen LogP contribution < -0.4 is 5.73 Å². The lowest BCUT2D eigenvalue weighted by Gasteiger charge is -2.47. The van der Waals surface area contributed by atoms with E-state index in [2.05, 4.69) is 16.8 Å². The quantitative estimate of drug-likeness (QED) is 0.741. The SMILES string of the molecule is CN1CCN(C2(C(N)=O)CCCCC2)CC1. The maximum atomic E-state index is 11.8. The summed E-state index contributed by atoms with van der Waals surface area (Å²) in [6.07, 6.45) is 5.48. The van der Waals surface area contributed by atoms with Gasteiger partial charge in [-0.3, -0.25) is 9.69 Å². The van der Waals surface area contributed by atoms with Crippen molar-refractivity contribution in [3.05, 3.63) is 0 Å². The van der Waals surface area contributed by atoms with Crippen LogP contribution in [0.4, 0.5) is 0 Å². The number of amides is 1. The molecule has 1 saturated heterocycles. The van der Waals surface area contributed by atoms with Gasteiger partial charge in [-0.25, -0.2) is 0 Å². The first-order chi connectivity index (χ1) is 7.65. The van der Waals surface area contributed by atoms with Crippen LogP contribution in [-0.2, 0) is 4.79 Å². The highest BCUT2D eigenvalue weighted by Crippen LogP contribution is 2.34. The number of hydrogen-bond donors (Lipinski definition) is 1. The van der Waals surface area contributed by atoms with Crippen molar-refractivity contribution >= 4 is 5.91 Å². The van der Waals surface area contributed by atoms with Gasteiger partial charge in [0.25, 0.3) is 0 Å². The molecule has 0 bridgehead atoms. The van der Waals surface area contributed by atoms with Gasteiger partial charge in [-0.15, -0.1) is 0 Å². The predicted molar refractivity (Wildman–Crippen MR) is 64.1 cm³/mol. The van der Waals surface area contributed by atoms with Crippen LogP contribution in [0.2, 0.25) is 0 Å². The molecule has 0 spiro atoms. The number of carbonyl (C=O) groups is 1. The Hall–Kier alpha value is -0.610. The van der Waals surface area contributed by atoms with E-state index in [4.69, 9.17) is 5.73 Å². The minimum atomic E-state index is -0.320. The van der Waals surface area contributed by atoms with Crippen LogP contribution in [0.25, 0.3) is 0 Å². The second-order valence-electron chi connectivity index (χ2n) is 5.25. The summed E-state index contributed by atoms with van der Waals surface area (Å²) in [7, 11) is 2.13. The fourth-order valence-corrected chi connectivity index (χ4v) is 3.09. The van der Waals surface area contributed by atoms with Crippen molar-refractivity contribution in [1.29, 1.82) is 0 Å². The molecule has 0 aromatic carbocycles. The molecule has 0 radical (unpaired) electrons. The van der Waals surface area contributed by atoms with Gasteiger partial charge >= 0.3 is 0 Å². The van der Waals surface area contributed by atoms with Crippen molar-refractivity contribution < 1.29 is 4.79 Å². The smallest absolute Gasteiger partial charge is 0.237 e. The Morgan fingerprint density at radius 2 is 1.62 bits per heavy atom. The molecule has 1 heterocycles. The summed E-state index contributed by atoms with van der Waals surface area (Å²) in [4.78, 5) is 16.5. The molecule has 1 saturated carbocycles. The Morgan fingerprint density at radius 3 is 2.12 bits per heavy atom. The first-order valence-electron chi connectivity index (χ1n) is 6.39. The Bertz CT molecular complexity index is 253. The van der Waals surface area contributed by atoms with Crippen LogP contribution in [0.5, 0.6) is 0 Å². The molecule has 2 rings (SSSR count). The number of nitrogens with zero attached hydrogens (tertiary/aromatic N) is 2. The van der Waals surface area contributed by atoms with E-state index in [1.807, 2.05) is 0 Å². The molecular formula is C12H23N3O. The van der Waals surface area contributed by atoms with Gasteiger partial charge < -0.3 is 10.6 Å². The zero-order valence-electron chi connectivity index (χ0n) is 10.2. The normalized spacial score (nSPS) is 27.8. The molecule has 2 fully saturated rings. The molecule has 2 aliphatic rings. The van der Waals surface area contributed by atoms with Gasteiger partial charge in [0.1, 0.15) is 5.54 Å². The molecule has 2 N–H and O–H groups in total. The molecule has 16 heavy (non-hydrogen) atoms. The Labute approximate surface area is 97.8 Å². The van der Waals surface area contributed by atoms with E-state index in [0.29, 0.717) is 0 Å². The van der Waals surface area contributed by atoms with Crippen molar-refractivity contribution in [2.75, 3.05) is 33.2 Å². The molecule has 1 aliphatic carbocycles. The summed E-state index contributed by atoms with van der Waals surface area (Å²) in [6, 6.07) is 0. The summed E-state index contributed by atoms with van der Waals surface area (Å²) in [5.41, 5.74) is 5.35. The first-order valence-corrected chi connectivity index (χ1v) is 6.39. The summed E-state index contributed by atoms with van der Waals surface area (Å²) in [5, 5.41) is 0. The van der Waals surface area contributed by atoms with Crippen molar-refractivity contribution in [1.82, 2.24) is 9.80 Å². The number of primary amides is 1. The van der Waals surface area contributed by atoms with E-state index in [-0.39, 0.29) is 11.4 Å². The van der Waals surface area contributed by atoms with Crippen LogP contribution in [0.15, 0.2) is 0 Å². The lowest BCUT2D eigenvalue weighted by Crippen LogP contribution is -2.62. The minimum absolute atomic E-state index is 0.100. The highest BCUT2D eigenvalue weighted by atomic mass is 16.1. The van der Waals surface area contributed by atoms with E-state index < -0.39 is 0 Å². The molecule has 0 atom stereocenters. The molecule has 0 unspecified atom stereocenters. The summed E-state index contributed by atoms with van der Waals surface area (Å²) in [5.74, 6) is -0.100. The lowest BCUT2D eigenvalue weighted by molar-refractivity contribution is -0.134. The number of nitrogens with two attached hydrogens (primary N) is 1. The molecular weight excluding hydrogens is 202 g/mol. The highest BCUT2D eigenvalue weighted by Gasteiger charge is 2.43. The van der Waals surface area contributed by atoms with Crippen LogP contribution in [-0.4, -0.2) is 54.5 Å². The molecule has 0 aromatic heterocycles. The van der Waals surface area contributed by atoms with Gasteiger partial charge in [-0.2, -0.15) is 0 Å². The maximum absolute atomic E-state index is 11.8. The Morgan fingerprint density at radius 1 is 1.06 bits per heavy atom. The van der Waals surface area contributed by atoms with Crippen molar-refractivity contribution in [3.8, 4) is 0 Å². The average molecular weight is 225 g/mol. The lowest BCUT2D eigenvalue weighted by atomic mass is 9.79. The minimum Gasteiger partial charge on any atom is -0.368 e. The molecule has 92 valence electrons. The zero-order valence-corrected chi connectivity index (χ0v) is 10.2. The molecule has 0 aromatic rings. The molecule has 1 amide bonds. The van der Waals surface area contributed by atoms with Crippen molar-refractivity contribution in [3.63, 3.8) is 0 Å². The van der Waals surface area contributed by atoms with Gasteiger partial charge in [0, 0.05) is 26.2 Å². The summed E-state index contributed by atoms with van der Waals surface area (Å²) >= 11 is 0. The Kier molecular flexibility index (Phi) is 3.50. The van der Waals surface area contributed by atoms with Crippen molar-refractivity contribution in [2.45, 2.75) is 37.6 Å². The summed E-state index contributed by atoms with van der Waals surface area (Å²) < 4.78 is 0. The largest absolute Gasteiger partial charge is 0.368 e. The van der Waals surface area contributed by atoms with Gasteiger partial charge in [-0.1, -0.05) is 19.3 Å². The second-order valence-corrected chi connectivity index (χ2v) is 5.25. The topological polar surface area (TPSA) is 49.6 Å². The predicted octanol–water partition coefficient (Wildman–Crippen LogP) is 0.422. The molecule has 4 heteroatoms. The van der Waals surface area contributed by atoms with Gasteiger partial charge in [0.15, 0.2) is 0 Å². The van der Waals surface area contributed by atoms with Crippen LogP contribution in [0, 0.1) is 0 Å². The molecule has 1 aliphatic heterocycles. The van der Waals surface area contributed by atoms with E-state index in [1.54, 1.807) is 0 Å². The summed E-state index contributed by atoms with van der Waals surface area (Å²) in [6.45, 7) is 4.07. The first kappa shape index (κ1) is 11.9. The molecule has 4 nitrogen and oxygen atoms in total. The third kappa shape index (κ3) is 2.09. The zero-order chi connectivity index (χ0) is 11.6. The van der Waals surface area contributed by atoms with Gasteiger partial charge in [0.2, 0.25) is 5.91 Å². The standard InChI is InChI=1S/C12H23N3O/c1-14-7-9-15(10-8-14)12(11(13)16)5-3-2-4-6-12/h2-10H2,1H3,(H2,13,16). The third-order valence-corrected chi connectivity index (χ3v) is 4.25. The van der Waals surface area contributed by atoms with Crippen LogP contribution in [0.1, 0.15) is 32.1 Å². The fraction of sp³-hybridized carbons (Fsp3) is 0.917. The van der Waals surface area contributed by atoms with E-state index >= 15 is 0 Å². The van der Waals surface area contributed by atoms with Gasteiger partial charge in [0.05, 0.1) is 0 Å². The third-order valence-electron chi connectivity index (χ3n) is 4.25. The van der Waals surface area contributed by atoms with Crippen molar-refractivity contribution in [2.24, 2.45) is 5.73 Å². The number of hydrogen-bond acceptors (Lipinski definition) is 3. The highest BCUT2D eigenvalue weighted by molar-refractivity contribution is 5.84. The van der Waals surface area contributed by atoms with Gasteiger partial charge in [-0.05, 0) is 19.9 Å². The monoisotopic (exact) mass is 225 g/mol. The number of carbonyl (C=O) groups excluding carboxylic acids is 1.